The molecular formula is C12H18N2O4S. The van der Waals surface area contributed by atoms with Crippen molar-refractivity contribution < 1.29 is 18.3 Å². The Labute approximate surface area is 112 Å². The third kappa shape index (κ3) is 4.53. The molecule has 6 nitrogen and oxygen atoms in total. The molecule has 3 N–H and O–H groups in total. The van der Waals surface area contributed by atoms with Crippen molar-refractivity contribution >= 4 is 15.9 Å². The summed E-state index contributed by atoms with van der Waals surface area (Å²) in [6.45, 7) is 5.03. The summed E-state index contributed by atoms with van der Waals surface area (Å²) in [7, 11) is -3.83. The van der Waals surface area contributed by atoms with Gasteiger partial charge in [-0.2, -0.15) is 4.72 Å². The number of aromatic hydroxyl groups is 1. The Bertz CT molecular complexity index is 555. The lowest BCUT2D eigenvalue weighted by molar-refractivity contribution is -0.122. The second-order valence-corrected chi connectivity index (χ2v) is 6.22. The molecule has 106 valence electrons. The highest BCUT2D eigenvalue weighted by atomic mass is 32.2. The van der Waals surface area contributed by atoms with E-state index in [9.17, 15) is 18.3 Å². The van der Waals surface area contributed by atoms with Gasteiger partial charge in [-0.05, 0) is 39.0 Å². The molecule has 0 radical (unpaired) electrons. The van der Waals surface area contributed by atoms with Crippen LogP contribution in [0.15, 0.2) is 29.2 Å². The van der Waals surface area contributed by atoms with E-state index in [1.165, 1.54) is 25.1 Å². The summed E-state index contributed by atoms with van der Waals surface area (Å²) in [6.07, 6.45) is 0. The Kier molecular flexibility index (Phi) is 4.90. The fourth-order valence-electron chi connectivity index (χ4n) is 1.41. The SMILES string of the molecule is CC(C)NC(=O)C(C)NS(=O)(=O)c1cccc(O)c1. The van der Waals surface area contributed by atoms with Gasteiger partial charge in [-0.3, -0.25) is 4.79 Å². The van der Waals surface area contributed by atoms with Crippen molar-refractivity contribution in [1.82, 2.24) is 10.0 Å². The molecule has 1 atom stereocenters. The monoisotopic (exact) mass is 286 g/mol. The predicted molar refractivity (Wildman–Crippen MR) is 71.2 cm³/mol. The number of carbonyl (C=O) groups is 1. The van der Waals surface area contributed by atoms with Crippen LogP contribution in [-0.2, 0) is 14.8 Å². The molecule has 0 bridgehead atoms. The van der Waals surface area contributed by atoms with Gasteiger partial charge in [0, 0.05) is 6.04 Å². The summed E-state index contributed by atoms with van der Waals surface area (Å²) in [5, 5.41) is 11.9. The molecule has 0 aliphatic rings. The zero-order chi connectivity index (χ0) is 14.6. The molecule has 0 fully saturated rings. The van der Waals surface area contributed by atoms with Crippen molar-refractivity contribution in [3.05, 3.63) is 24.3 Å². The van der Waals surface area contributed by atoms with Gasteiger partial charge in [0.05, 0.1) is 10.9 Å². The lowest BCUT2D eigenvalue weighted by atomic mass is 10.3. The van der Waals surface area contributed by atoms with Gasteiger partial charge in [-0.25, -0.2) is 8.42 Å². The average molecular weight is 286 g/mol. The molecule has 0 aromatic heterocycles. The molecule has 1 aromatic carbocycles. The van der Waals surface area contributed by atoms with Crippen LogP contribution in [0.3, 0.4) is 0 Å². The van der Waals surface area contributed by atoms with Gasteiger partial charge in [0.25, 0.3) is 0 Å². The second-order valence-electron chi connectivity index (χ2n) is 4.50. The molecule has 19 heavy (non-hydrogen) atoms. The van der Waals surface area contributed by atoms with Crippen molar-refractivity contribution in [3.8, 4) is 5.75 Å². The minimum Gasteiger partial charge on any atom is -0.508 e. The van der Waals surface area contributed by atoms with E-state index in [1.54, 1.807) is 13.8 Å². The summed E-state index contributed by atoms with van der Waals surface area (Å²) in [5.74, 6) is -0.555. The highest BCUT2D eigenvalue weighted by Gasteiger charge is 2.22. The van der Waals surface area contributed by atoms with Crippen LogP contribution in [0.4, 0.5) is 0 Å². The number of benzene rings is 1. The first-order valence-electron chi connectivity index (χ1n) is 5.84. The van der Waals surface area contributed by atoms with Crippen molar-refractivity contribution in [2.24, 2.45) is 0 Å². The second kappa shape index (κ2) is 6.03. The maximum absolute atomic E-state index is 12.0. The molecule has 0 spiro atoms. The average Bonchev–Trinajstić information content (AvgIpc) is 2.27. The fraction of sp³-hybridized carbons (Fsp3) is 0.417. The molecular weight excluding hydrogens is 268 g/mol. The molecule has 0 heterocycles. The van der Waals surface area contributed by atoms with Crippen molar-refractivity contribution in [1.29, 1.82) is 0 Å². The minimum absolute atomic E-state index is 0.0692. The van der Waals surface area contributed by atoms with Gasteiger partial charge in [0.2, 0.25) is 15.9 Å². The zero-order valence-electron chi connectivity index (χ0n) is 11.0. The minimum atomic E-state index is -3.83. The number of amides is 1. The van der Waals surface area contributed by atoms with Crippen LogP contribution in [0.1, 0.15) is 20.8 Å². The van der Waals surface area contributed by atoms with Crippen LogP contribution in [0.2, 0.25) is 0 Å². The number of nitrogens with one attached hydrogen (secondary N) is 2. The smallest absolute Gasteiger partial charge is 0.241 e. The van der Waals surface area contributed by atoms with E-state index in [-0.39, 0.29) is 16.7 Å². The van der Waals surface area contributed by atoms with E-state index >= 15 is 0 Å². The first-order valence-corrected chi connectivity index (χ1v) is 7.32. The Morgan fingerprint density at radius 3 is 2.42 bits per heavy atom. The summed E-state index contributed by atoms with van der Waals surface area (Å²) in [6, 6.07) is 4.29. The zero-order valence-corrected chi connectivity index (χ0v) is 11.9. The van der Waals surface area contributed by atoms with E-state index in [0.717, 1.165) is 6.07 Å². The Morgan fingerprint density at radius 1 is 1.26 bits per heavy atom. The van der Waals surface area contributed by atoms with E-state index in [4.69, 9.17) is 0 Å². The fourth-order valence-corrected chi connectivity index (χ4v) is 2.66. The van der Waals surface area contributed by atoms with Gasteiger partial charge >= 0.3 is 0 Å². The number of phenolic OH excluding ortho intramolecular Hbond substituents is 1. The predicted octanol–water partition coefficient (Wildman–Crippen LogP) is 0.584. The lowest BCUT2D eigenvalue weighted by Crippen LogP contribution is -2.46. The topological polar surface area (TPSA) is 95.5 Å². The van der Waals surface area contributed by atoms with Crippen LogP contribution in [0, 0.1) is 0 Å². The molecule has 0 saturated heterocycles. The maximum atomic E-state index is 12.0. The largest absolute Gasteiger partial charge is 0.508 e. The highest BCUT2D eigenvalue weighted by molar-refractivity contribution is 7.89. The molecule has 1 unspecified atom stereocenters. The van der Waals surface area contributed by atoms with Gasteiger partial charge < -0.3 is 10.4 Å². The summed E-state index contributed by atoms with van der Waals surface area (Å²) < 4.78 is 26.2. The number of hydrogen-bond acceptors (Lipinski definition) is 4. The van der Waals surface area contributed by atoms with Crippen LogP contribution < -0.4 is 10.0 Å². The van der Waals surface area contributed by atoms with Crippen molar-refractivity contribution in [2.45, 2.75) is 37.8 Å². The van der Waals surface area contributed by atoms with Crippen LogP contribution in [-0.4, -0.2) is 31.5 Å². The number of sulfonamides is 1. The highest BCUT2D eigenvalue weighted by Crippen LogP contribution is 2.15. The van der Waals surface area contributed by atoms with Crippen LogP contribution >= 0.6 is 0 Å². The number of phenols is 1. The number of hydrogen-bond donors (Lipinski definition) is 3. The Hall–Kier alpha value is -1.60. The molecule has 0 aliphatic heterocycles. The quantitative estimate of drug-likeness (QED) is 0.738. The molecule has 1 aromatic rings. The van der Waals surface area contributed by atoms with Gasteiger partial charge in [0.15, 0.2) is 0 Å². The maximum Gasteiger partial charge on any atom is 0.241 e. The van der Waals surface area contributed by atoms with E-state index in [1.807, 2.05) is 0 Å². The van der Waals surface area contributed by atoms with E-state index in [2.05, 4.69) is 10.0 Å². The molecule has 7 heteroatoms. The normalized spacial score (nSPS) is 13.3. The summed E-state index contributed by atoms with van der Waals surface area (Å²) >= 11 is 0. The summed E-state index contributed by atoms with van der Waals surface area (Å²) in [4.78, 5) is 11.6. The van der Waals surface area contributed by atoms with Crippen LogP contribution in [0.5, 0.6) is 5.75 Å². The van der Waals surface area contributed by atoms with Crippen LogP contribution in [0.25, 0.3) is 0 Å². The Balaban J connectivity index is 2.83. The lowest BCUT2D eigenvalue weighted by Gasteiger charge is -2.16. The number of rotatable bonds is 5. The van der Waals surface area contributed by atoms with Gasteiger partial charge in [-0.1, -0.05) is 6.07 Å². The first kappa shape index (κ1) is 15.5. The standard InChI is InChI=1S/C12H18N2O4S/c1-8(2)13-12(16)9(3)14-19(17,18)11-6-4-5-10(15)7-11/h4-9,14-15H,1-3H3,(H,13,16). The third-order valence-electron chi connectivity index (χ3n) is 2.28. The van der Waals surface area contributed by atoms with E-state index < -0.39 is 22.0 Å². The van der Waals surface area contributed by atoms with Crippen molar-refractivity contribution in [2.75, 3.05) is 0 Å². The Morgan fingerprint density at radius 2 is 1.89 bits per heavy atom. The molecule has 1 amide bonds. The summed E-state index contributed by atoms with van der Waals surface area (Å²) in [5.41, 5.74) is 0. The van der Waals surface area contributed by atoms with Gasteiger partial charge in [0.1, 0.15) is 5.75 Å². The third-order valence-corrected chi connectivity index (χ3v) is 3.82. The van der Waals surface area contributed by atoms with E-state index in [0.29, 0.717) is 0 Å². The van der Waals surface area contributed by atoms with Gasteiger partial charge in [-0.15, -0.1) is 0 Å². The first-order chi connectivity index (χ1) is 8.72. The number of carbonyl (C=O) groups excluding carboxylic acids is 1. The van der Waals surface area contributed by atoms with Crippen molar-refractivity contribution in [3.63, 3.8) is 0 Å². The molecule has 1 rings (SSSR count). The molecule has 0 saturated carbocycles. The molecule has 0 aliphatic carbocycles.